The maximum Gasteiger partial charge on any atom is 0.317 e. The number of aliphatic carboxylic acids is 1. The molecule has 0 aliphatic carbocycles. The van der Waals surface area contributed by atoms with E-state index in [-0.39, 0.29) is 18.6 Å². The minimum atomic E-state index is -0.772. The molecule has 28 heavy (non-hydrogen) atoms. The van der Waals surface area contributed by atoms with Crippen molar-refractivity contribution in [2.75, 3.05) is 26.2 Å². The second-order valence-corrected chi connectivity index (χ2v) is 8.55. The van der Waals surface area contributed by atoms with Crippen LogP contribution in [0.3, 0.4) is 0 Å². The molecule has 1 atom stereocenters. The van der Waals surface area contributed by atoms with E-state index in [0.717, 1.165) is 19.6 Å². The van der Waals surface area contributed by atoms with Crippen LogP contribution in [0.5, 0.6) is 0 Å². The molecule has 0 saturated carbocycles. The molecule has 2 aromatic rings. The Morgan fingerprint density at radius 3 is 1.93 bits per heavy atom. The lowest BCUT2D eigenvalue weighted by Crippen LogP contribution is -2.57. The summed E-state index contributed by atoms with van der Waals surface area (Å²) in [6, 6.07) is 16.2. The van der Waals surface area contributed by atoms with Gasteiger partial charge in [0.05, 0.1) is 12.6 Å². The van der Waals surface area contributed by atoms with Crippen LogP contribution in [0.1, 0.15) is 31.0 Å². The third-order valence-corrected chi connectivity index (χ3v) is 5.91. The molecule has 1 fully saturated rings. The van der Waals surface area contributed by atoms with Gasteiger partial charge in [0.25, 0.3) is 0 Å². The average Bonchev–Trinajstić information content (AvgIpc) is 2.65. The first kappa shape index (κ1) is 21.1. The lowest BCUT2D eigenvalue weighted by Gasteiger charge is -2.46. The number of carbonyl (C=O) groups is 1. The largest absolute Gasteiger partial charge is 0.480 e. The van der Waals surface area contributed by atoms with E-state index >= 15 is 0 Å². The molecule has 1 aliphatic rings. The highest BCUT2D eigenvalue weighted by molar-refractivity contribution is 6.30. The molecule has 0 aromatic heterocycles. The van der Waals surface area contributed by atoms with Crippen LogP contribution in [0.4, 0.5) is 0 Å². The summed E-state index contributed by atoms with van der Waals surface area (Å²) < 4.78 is 0. The fraction of sp³-hybridized carbons (Fsp3) is 0.409. The Morgan fingerprint density at radius 2 is 1.50 bits per heavy atom. The molecule has 1 aliphatic heterocycles. The number of benzene rings is 2. The van der Waals surface area contributed by atoms with Crippen LogP contribution >= 0.6 is 23.2 Å². The Morgan fingerprint density at radius 1 is 1.00 bits per heavy atom. The molecule has 6 heteroatoms. The van der Waals surface area contributed by atoms with E-state index < -0.39 is 5.97 Å². The Kier molecular flexibility index (Phi) is 7.00. The number of rotatable bonds is 6. The van der Waals surface area contributed by atoms with Gasteiger partial charge >= 0.3 is 5.97 Å². The summed E-state index contributed by atoms with van der Waals surface area (Å²) in [5.41, 5.74) is 2.34. The molecule has 0 bridgehead atoms. The lowest BCUT2D eigenvalue weighted by molar-refractivity contribution is -0.140. The first-order chi connectivity index (χ1) is 13.3. The number of carboxylic acid groups (broad SMARTS) is 1. The Labute approximate surface area is 176 Å². The van der Waals surface area contributed by atoms with Crippen LogP contribution in [0.2, 0.25) is 10.0 Å². The zero-order valence-corrected chi connectivity index (χ0v) is 17.7. The highest BCUT2D eigenvalue weighted by Gasteiger charge is 2.34. The lowest BCUT2D eigenvalue weighted by atomic mass is 9.93. The molecule has 1 unspecified atom stereocenters. The first-order valence-electron chi connectivity index (χ1n) is 9.56. The quantitative estimate of drug-likeness (QED) is 0.727. The smallest absolute Gasteiger partial charge is 0.317 e. The van der Waals surface area contributed by atoms with E-state index in [1.165, 1.54) is 11.1 Å². The van der Waals surface area contributed by atoms with E-state index in [2.05, 4.69) is 47.9 Å². The number of hydrogen-bond donors (Lipinski definition) is 1. The Bertz CT molecular complexity index is 748. The standard InChI is InChI=1S/C22H26Cl2N2O2/c1-15(2)20-13-26(12-11-25(20)14-21(27)28)22(16-3-7-18(23)8-4-16)17-5-9-19(24)10-6-17/h3-10,15,20,22H,11-14H2,1-2H3,(H,27,28). The minimum Gasteiger partial charge on any atom is -0.480 e. The first-order valence-corrected chi connectivity index (χ1v) is 10.3. The fourth-order valence-electron chi connectivity index (χ4n) is 4.01. The normalized spacial score (nSPS) is 18.7. The van der Waals surface area contributed by atoms with Crippen LogP contribution in [0, 0.1) is 5.92 Å². The molecule has 1 N–H and O–H groups in total. The van der Waals surface area contributed by atoms with E-state index in [9.17, 15) is 9.90 Å². The summed E-state index contributed by atoms with van der Waals surface area (Å²) >= 11 is 12.2. The molecule has 0 spiro atoms. The predicted octanol–water partition coefficient (Wildman–Crippen LogP) is 4.81. The van der Waals surface area contributed by atoms with Crippen molar-refractivity contribution < 1.29 is 9.90 Å². The minimum absolute atomic E-state index is 0.0720. The van der Waals surface area contributed by atoms with Crippen LogP contribution in [-0.2, 0) is 4.79 Å². The van der Waals surface area contributed by atoms with Crippen molar-refractivity contribution in [3.8, 4) is 0 Å². The topological polar surface area (TPSA) is 43.8 Å². The maximum atomic E-state index is 11.3. The van der Waals surface area contributed by atoms with Gasteiger partial charge in [0.15, 0.2) is 0 Å². The van der Waals surface area contributed by atoms with E-state index in [4.69, 9.17) is 23.2 Å². The summed E-state index contributed by atoms with van der Waals surface area (Å²) in [4.78, 5) is 15.8. The van der Waals surface area contributed by atoms with Gasteiger partial charge in [0, 0.05) is 35.7 Å². The van der Waals surface area contributed by atoms with Crippen LogP contribution < -0.4 is 0 Å². The van der Waals surface area contributed by atoms with Gasteiger partial charge in [-0.05, 0) is 41.3 Å². The highest BCUT2D eigenvalue weighted by Crippen LogP contribution is 2.33. The Balaban J connectivity index is 1.92. The molecular formula is C22H26Cl2N2O2. The van der Waals surface area contributed by atoms with Crippen molar-refractivity contribution in [1.82, 2.24) is 9.80 Å². The zero-order valence-electron chi connectivity index (χ0n) is 16.2. The van der Waals surface area contributed by atoms with Crippen LogP contribution in [-0.4, -0.2) is 53.1 Å². The fourth-order valence-corrected chi connectivity index (χ4v) is 4.26. The monoisotopic (exact) mass is 420 g/mol. The van der Waals surface area contributed by atoms with Gasteiger partial charge in [-0.25, -0.2) is 0 Å². The van der Waals surface area contributed by atoms with E-state index in [1.54, 1.807) is 0 Å². The molecule has 1 heterocycles. The molecular weight excluding hydrogens is 395 g/mol. The molecule has 4 nitrogen and oxygen atoms in total. The second kappa shape index (κ2) is 9.27. The number of carboxylic acids is 1. The van der Waals surface area contributed by atoms with Gasteiger partial charge in [0.1, 0.15) is 0 Å². The van der Waals surface area contributed by atoms with Gasteiger partial charge in [-0.2, -0.15) is 0 Å². The number of piperazine rings is 1. The third kappa shape index (κ3) is 5.06. The van der Waals surface area contributed by atoms with Crippen molar-refractivity contribution in [3.05, 3.63) is 69.7 Å². The van der Waals surface area contributed by atoms with Crippen molar-refractivity contribution >= 4 is 29.2 Å². The maximum absolute atomic E-state index is 11.3. The summed E-state index contributed by atoms with van der Waals surface area (Å²) in [6.07, 6.45) is 0. The van der Waals surface area contributed by atoms with E-state index in [0.29, 0.717) is 16.0 Å². The molecule has 0 radical (unpaired) electrons. The van der Waals surface area contributed by atoms with Crippen LogP contribution in [0.15, 0.2) is 48.5 Å². The SMILES string of the molecule is CC(C)C1CN(C(c2ccc(Cl)cc2)c2ccc(Cl)cc2)CCN1CC(=O)O. The number of halogens is 2. The van der Waals surface area contributed by atoms with Gasteiger partial charge in [-0.15, -0.1) is 0 Å². The van der Waals surface area contributed by atoms with Crippen molar-refractivity contribution in [2.45, 2.75) is 25.9 Å². The van der Waals surface area contributed by atoms with Gasteiger partial charge < -0.3 is 5.11 Å². The predicted molar refractivity (Wildman–Crippen MR) is 114 cm³/mol. The van der Waals surface area contributed by atoms with Gasteiger partial charge in [-0.3, -0.25) is 14.6 Å². The number of hydrogen-bond acceptors (Lipinski definition) is 3. The molecule has 150 valence electrons. The summed E-state index contributed by atoms with van der Waals surface area (Å²) in [6.45, 7) is 6.73. The summed E-state index contributed by atoms with van der Waals surface area (Å²) in [7, 11) is 0. The summed E-state index contributed by atoms with van der Waals surface area (Å²) in [5.74, 6) is -0.413. The van der Waals surface area contributed by atoms with E-state index in [1.807, 2.05) is 24.3 Å². The third-order valence-electron chi connectivity index (χ3n) is 5.41. The van der Waals surface area contributed by atoms with Crippen molar-refractivity contribution in [1.29, 1.82) is 0 Å². The second-order valence-electron chi connectivity index (χ2n) is 7.68. The molecule has 3 rings (SSSR count). The van der Waals surface area contributed by atoms with Crippen molar-refractivity contribution in [2.24, 2.45) is 5.92 Å². The highest BCUT2D eigenvalue weighted by atomic mass is 35.5. The molecule has 1 saturated heterocycles. The molecule has 2 aromatic carbocycles. The van der Waals surface area contributed by atoms with Crippen molar-refractivity contribution in [3.63, 3.8) is 0 Å². The average molecular weight is 421 g/mol. The van der Waals surface area contributed by atoms with Gasteiger partial charge in [-0.1, -0.05) is 61.3 Å². The number of nitrogens with zero attached hydrogens (tertiary/aromatic N) is 2. The Hall–Kier alpha value is -1.59. The summed E-state index contributed by atoms with van der Waals surface area (Å²) in [5, 5.41) is 10.7. The van der Waals surface area contributed by atoms with Crippen LogP contribution in [0.25, 0.3) is 0 Å². The van der Waals surface area contributed by atoms with Gasteiger partial charge in [0.2, 0.25) is 0 Å². The molecule has 0 amide bonds. The zero-order chi connectivity index (χ0) is 20.3.